The zero-order valence-corrected chi connectivity index (χ0v) is 13.3. The first-order chi connectivity index (χ1) is 11.6. The first-order valence-corrected chi connectivity index (χ1v) is 7.67. The second-order valence-corrected chi connectivity index (χ2v) is 5.91. The summed E-state index contributed by atoms with van der Waals surface area (Å²) in [5.41, 5.74) is 0.817. The van der Waals surface area contributed by atoms with E-state index in [9.17, 15) is 4.79 Å². The van der Waals surface area contributed by atoms with Crippen LogP contribution in [0.4, 0.5) is 0 Å². The van der Waals surface area contributed by atoms with Crippen molar-refractivity contribution in [1.82, 2.24) is 39.8 Å². The van der Waals surface area contributed by atoms with Crippen LogP contribution in [0.15, 0.2) is 17.1 Å². The van der Waals surface area contributed by atoms with Crippen LogP contribution in [-0.4, -0.2) is 52.3 Å². The Morgan fingerprint density at radius 1 is 1.29 bits per heavy atom. The lowest BCUT2D eigenvalue weighted by molar-refractivity contribution is 0.0716. The molecule has 10 nitrogen and oxygen atoms in total. The van der Waals surface area contributed by atoms with E-state index in [1.54, 1.807) is 4.90 Å². The van der Waals surface area contributed by atoms with Gasteiger partial charge in [0.1, 0.15) is 24.1 Å². The van der Waals surface area contributed by atoms with Crippen molar-refractivity contribution >= 4 is 5.91 Å². The Morgan fingerprint density at radius 3 is 2.83 bits per heavy atom. The first-order valence-electron chi connectivity index (χ1n) is 7.67. The molecule has 1 amide bonds. The highest BCUT2D eigenvalue weighted by Crippen LogP contribution is 2.24. The van der Waals surface area contributed by atoms with Crippen LogP contribution < -0.4 is 0 Å². The third-order valence-electron chi connectivity index (χ3n) is 3.85. The number of amides is 1. The van der Waals surface area contributed by atoms with Crippen LogP contribution in [0.3, 0.4) is 0 Å². The number of carbonyl (C=O) groups excluding carboxylic acids is 1. The zero-order valence-electron chi connectivity index (χ0n) is 13.3. The van der Waals surface area contributed by atoms with Gasteiger partial charge in [-0.2, -0.15) is 4.98 Å². The largest absolute Gasteiger partial charge is 0.445 e. The minimum Gasteiger partial charge on any atom is -0.445 e. The highest BCUT2D eigenvalue weighted by molar-refractivity contribution is 5.90. The number of rotatable bonds is 3. The zero-order chi connectivity index (χ0) is 16.7. The monoisotopic (exact) mass is 328 g/mol. The molecule has 0 saturated carbocycles. The molecule has 24 heavy (non-hydrogen) atoms. The number of nitrogens with one attached hydrogen (secondary N) is 1. The smallest absolute Gasteiger partial charge is 0.291 e. The molecular formula is C14H16N8O2. The molecule has 124 valence electrons. The van der Waals surface area contributed by atoms with Crippen molar-refractivity contribution in [3.8, 4) is 5.95 Å². The van der Waals surface area contributed by atoms with Gasteiger partial charge in [0.05, 0.1) is 6.54 Å². The summed E-state index contributed by atoms with van der Waals surface area (Å²) < 4.78 is 7.27. The van der Waals surface area contributed by atoms with Crippen LogP contribution in [0, 0.1) is 0 Å². The summed E-state index contributed by atoms with van der Waals surface area (Å²) in [7, 11) is 0. The van der Waals surface area contributed by atoms with E-state index >= 15 is 0 Å². The molecule has 0 fully saturated rings. The number of H-pyrrole nitrogens is 1. The van der Waals surface area contributed by atoms with Gasteiger partial charge >= 0.3 is 0 Å². The van der Waals surface area contributed by atoms with Crippen LogP contribution in [0.1, 0.15) is 47.7 Å². The fourth-order valence-electron chi connectivity index (χ4n) is 2.56. The summed E-state index contributed by atoms with van der Waals surface area (Å²) in [6, 6.07) is 0. The number of hydrogen-bond donors (Lipinski definition) is 1. The molecule has 1 N–H and O–H groups in total. The molecule has 0 aliphatic carbocycles. The predicted molar refractivity (Wildman–Crippen MR) is 80.3 cm³/mol. The number of oxazole rings is 1. The van der Waals surface area contributed by atoms with Gasteiger partial charge in [-0.25, -0.2) is 4.98 Å². The number of hydrogen-bond acceptors (Lipinski definition) is 7. The lowest BCUT2D eigenvalue weighted by atomic mass is 10.1. The minimum atomic E-state index is -0.221. The van der Waals surface area contributed by atoms with Crippen LogP contribution in [-0.2, 0) is 13.0 Å². The van der Waals surface area contributed by atoms with Gasteiger partial charge in [0, 0.05) is 18.9 Å². The molecule has 4 heterocycles. The van der Waals surface area contributed by atoms with Gasteiger partial charge in [0.15, 0.2) is 5.89 Å². The van der Waals surface area contributed by atoms with E-state index in [4.69, 9.17) is 4.42 Å². The molecule has 3 aromatic rings. The molecule has 0 bridgehead atoms. The van der Waals surface area contributed by atoms with Crippen LogP contribution in [0.5, 0.6) is 0 Å². The summed E-state index contributed by atoms with van der Waals surface area (Å²) >= 11 is 0. The average Bonchev–Trinajstić information content (AvgIpc) is 3.31. The summed E-state index contributed by atoms with van der Waals surface area (Å²) in [6.45, 7) is 5.02. The molecule has 0 aromatic carbocycles. The molecule has 0 unspecified atom stereocenters. The predicted octanol–water partition coefficient (Wildman–Crippen LogP) is 0.695. The second kappa shape index (κ2) is 5.55. The first kappa shape index (κ1) is 14.5. The highest BCUT2D eigenvalue weighted by Gasteiger charge is 2.28. The molecular weight excluding hydrogens is 312 g/mol. The van der Waals surface area contributed by atoms with Gasteiger partial charge in [0.2, 0.25) is 5.82 Å². The van der Waals surface area contributed by atoms with Crippen molar-refractivity contribution in [2.75, 3.05) is 6.54 Å². The van der Waals surface area contributed by atoms with E-state index in [2.05, 4.69) is 30.4 Å². The number of fused-ring (bicyclic) bond motifs is 1. The fraction of sp³-hybridized carbons (Fsp3) is 0.429. The minimum absolute atomic E-state index is 0.176. The standard InChI is InChI=1S/C14H16N8O2/c1-8(2)12-17-9-5-21(4-3-10(9)24-12)13(23)11-18-14(20-19-11)22-6-15-16-7-22/h6-8H,3-5H2,1-2H3,(H,18,19,20). The Morgan fingerprint density at radius 2 is 2.08 bits per heavy atom. The maximum Gasteiger partial charge on any atom is 0.291 e. The number of nitrogens with zero attached hydrogens (tertiary/aromatic N) is 7. The third-order valence-corrected chi connectivity index (χ3v) is 3.85. The van der Waals surface area contributed by atoms with E-state index in [0.717, 1.165) is 11.5 Å². The Bertz CT molecular complexity index is 863. The number of aromatic nitrogens is 7. The molecule has 0 saturated heterocycles. The van der Waals surface area contributed by atoms with Gasteiger partial charge < -0.3 is 9.32 Å². The Labute approximate surface area is 136 Å². The van der Waals surface area contributed by atoms with Gasteiger partial charge in [-0.3, -0.25) is 14.5 Å². The maximum absolute atomic E-state index is 12.6. The summed E-state index contributed by atoms with van der Waals surface area (Å²) in [5.74, 6) is 2.08. The normalized spacial score (nSPS) is 14.2. The van der Waals surface area contributed by atoms with Crippen molar-refractivity contribution in [3.05, 3.63) is 35.8 Å². The van der Waals surface area contributed by atoms with Gasteiger partial charge in [-0.05, 0) is 0 Å². The van der Waals surface area contributed by atoms with Gasteiger partial charge in [-0.1, -0.05) is 13.8 Å². The Kier molecular flexibility index (Phi) is 3.36. The molecule has 0 spiro atoms. The quantitative estimate of drug-likeness (QED) is 0.751. The molecule has 3 aromatic heterocycles. The fourth-order valence-corrected chi connectivity index (χ4v) is 2.56. The van der Waals surface area contributed by atoms with Crippen LogP contribution >= 0.6 is 0 Å². The molecule has 0 radical (unpaired) electrons. The van der Waals surface area contributed by atoms with Crippen LogP contribution in [0.2, 0.25) is 0 Å². The van der Waals surface area contributed by atoms with E-state index in [-0.39, 0.29) is 17.6 Å². The third kappa shape index (κ3) is 2.45. The molecule has 1 aliphatic heterocycles. The number of carbonyl (C=O) groups is 1. The van der Waals surface area contributed by atoms with Gasteiger partial charge in [-0.15, -0.1) is 15.3 Å². The van der Waals surface area contributed by atoms with E-state index < -0.39 is 0 Å². The molecule has 10 heteroatoms. The molecule has 4 rings (SSSR count). The van der Waals surface area contributed by atoms with Crippen molar-refractivity contribution in [3.63, 3.8) is 0 Å². The van der Waals surface area contributed by atoms with Gasteiger partial charge in [0.25, 0.3) is 11.9 Å². The molecule has 0 atom stereocenters. The summed E-state index contributed by atoms with van der Waals surface area (Å²) in [6.07, 6.45) is 3.58. The SMILES string of the molecule is CC(C)c1nc2c(o1)CCN(C(=O)c1nc(-n3cnnc3)n[nH]1)C2. The lowest BCUT2D eigenvalue weighted by Crippen LogP contribution is -2.36. The number of aromatic amines is 1. The van der Waals surface area contributed by atoms with Crippen molar-refractivity contribution in [2.24, 2.45) is 0 Å². The maximum atomic E-state index is 12.6. The van der Waals surface area contributed by atoms with E-state index in [1.165, 1.54) is 17.2 Å². The molecule has 1 aliphatic rings. The van der Waals surface area contributed by atoms with E-state index in [1.807, 2.05) is 13.8 Å². The van der Waals surface area contributed by atoms with E-state index in [0.29, 0.717) is 31.3 Å². The second-order valence-electron chi connectivity index (χ2n) is 5.91. The summed E-state index contributed by atoms with van der Waals surface area (Å²) in [5, 5.41) is 14.1. The van der Waals surface area contributed by atoms with Crippen LogP contribution in [0.25, 0.3) is 5.95 Å². The average molecular weight is 328 g/mol. The van der Waals surface area contributed by atoms with Crippen molar-refractivity contribution in [1.29, 1.82) is 0 Å². The summed E-state index contributed by atoms with van der Waals surface area (Å²) in [4.78, 5) is 23.0. The topological polar surface area (TPSA) is 119 Å². The van der Waals surface area contributed by atoms with Crippen molar-refractivity contribution < 1.29 is 9.21 Å². The Balaban J connectivity index is 1.53. The van der Waals surface area contributed by atoms with Crippen molar-refractivity contribution in [2.45, 2.75) is 32.7 Å². The highest BCUT2D eigenvalue weighted by atomic mass is 16.4. The lowest BCUT2D eigenvalue weighted by Gasteiger charge is -2.24. The Hall–Kier alpha value is -3.04.